The van der Waals surface area contributed by atoms with Crippen LogP contribution < -0.4 is 9.46 Å². The van der Waals surface area contributed by atoms with Crippen LogP contribution in [0.5, 0.6) is 5.88 Å². The van der Waals surface area contributed by atoms with Crippen molar-refractivity contribution in [2.45, 2.75) is 50.2 Å². The largest absolute Gasteiger partial charge is 0.472 e. The number of hydrogen-bond donors (Lipinski definition) is 1. The first-order chi connectivity index (χ1) is 17.7. The summed E-state index contributed by atoms with van der Waals surface area (Å²) in [6.45, 7) is 5.53. The van der Waals surface area contributed by atoms with E-state index in [1.54, 1.807) is 18.0 Å². The van der Waals surface area contributed by atoms with Crippen molar-refractivity contribution in [3.8, 4) is 17.1 Å². The molecule has 0 aliphatic carbocycles. The number of anilines is 1. The number of benzene rings is 1. The van der Waals surface area contributed by atoms with E-state index in [9.17, 15) is 13.2 Å². The van der Waals surface area contributed by atoms with E-state index >= 15 is 0 Å². The maximum Gasteiger partial charge on any atom is 0.267 e. The molecule has 2 aliphatic heterocycles. The number of likely N-dealkylation sites (tertiary alicyclic amines) is 1. The molecule has 2 saturated heterocycles. The lowest BCUT2D eigenvalue weighted by Crippen LogP contribution is -2.38. The number of amides is 1. The Morgan fingerprint density at radius 1 is 1.19 bits per heavy atom. The summed E-state index contributed by atoms with van der Waals surface area (Å²) in [4.78, 5) is 23.4. The Morgan fingerprint density at radius 3 is 2.65 bits per heavy atom. The zero-order chi connectivity index (χ0) is 26.2. The van der Waals surface area contributed by atoms with E-state index in [-0.39, 0.29) is 34.8 Å². The van der Waals surface area contributed by atoms with Crippen LogP contribution in [0.1, 0.15) is 30.4 Å². The van der Waals surface area contributed by atoms with Crippen LogP contribution in [0.4, 0.5) is 5.95 Å². The van der Waals surface area contributed by atoms with Gasteiger partial charge in [-0.05, 0) is 37.8 Å². The topological polar surface area (TPSA) is 129 Å². The lowest BCUT2D eigenvalue weighted by atomic mass is 10.00. The quantitative estimate of drug-likeness (QED) is 0.497. The van der Waals surface area contributed by atoms with Crippen molar-refractivity contribution >= 4 is 21.9 Å². The van der Waals surface area contributed by atoms with E-state index in [2.05, 4.69) is 19.8 Å². The van der Waals surface area contributed by atoms with Crippen LogP contribution in [0.15, 0.2) is 41.6 Å². The molecule has 0 spiro atoms. The van der Waals surface area contributed by atoms with Gasteiger partial charge in [-0.2, -0.15) is 10.1 Å². The highest BCUT2D eigenvalue weighted by molar-refractivity contribution is 7.92. The Balaban J connectivity index is 1.43. The summed E-state index contributed by atoms with van der Waals surface area (Å²) in [5, 5.41) is 3.94. The maximum absolute atomic E-state index is 13.0. The lowest BCUT2D eigenvalue weighted by Gasteiger charge is -2.20. The molecule has 1 amide bonds. The molecule has 2 fully saturated rings. The summed E-state index contributed by atoms with van der Waals surface area (Å²) >= 11 is 0. The predicted molar refractivity (Wildman–Crippen MR) is 136 cm³/mol. The summed E-state index contributed by atoms with van der Waals surface area (Å²) in [5.74, 6) is 0.115. The predicted octanol–water partition coefficient (Wildman–Crippen LogP) is 2.45. The molecule has 12 heteroatoms. The SMILES string of the molecule is Cc1cccc(C)c1-c1cc(OC2CCN(C(=O)C3CCCO3)C2)nc(NS(=O)(=O)c2cnn(C)c2)n1. The number of nitrogens with one attached hydrogen (secondary N) is 1. The second kappa shape index (κ2) is 10.1. The average Bonchev–Trinajstić information content (AvgIpc) is 3.61. The van der Waals surface area contributed by atoms with Crippen molar-refractivity contribution in [1.82, 2.24) is 24.6 Å². The van der Waals surface area contributed by atoms with Gasteiger partial charge in [0.2, 0.25) is 11.8 Å². The van der Waals surface area contributed by atoms with Crippen LogP contribution >= 0.6 is 0 Å². The molecule has 37 heavy (non-hydrogen) atoms. The van der Waals surface area contributed by atoms with Crippen LogP contribution in [0.2, 0.25) is 0 Å². The van der Waals surface area contributed by atoms with Crippen molar-refractivity contribution in [3.05, 3.63) is 47.8 Å². The summed E-state index contributed by atoms with van der Waals surface area (Å²) < 4.78 is 41.5. The third kappa shape index (κ3) is 5.44. The molecule has 2 atom stereocenters. The van der Waals surface area contributed by atoms with Crippen LogP contribution in [0.3, 0.4) is 0 Å². The Kier molecular flexibility index (Phi) is 6.86. The number of sulfonamides is 1. The summed E-state index contributed by atoms with van der Waals surface area (Å²) in [6, 6.07) is 7.60. The Labute approximate surface area is 215 Å². The second-order valence-corrected chi connectivity index (χ2v) is 11.1. The summed E-state index contributed by atoms with van der Waals surface area (Å²) in [5.41, 5.74) is 3.38. The fourth-order valence-corrected chi connectivity index (χ4v) is 5.69. The highest BCUT2D eigenvalue weighted by atomic mass is 32.2. The number of nitrogens with zero attached hydrogens (tertiary/aromatic N) is 5. The summed E-state index contributed by atoms with van der Waals surface area (Å²) in [6.07, 6.45) is 4.27. The minimum Gasteiger partial charge on any atom is -0.472 e. The van der Waals surface area contributed by atoms with Gasteiger partial charge in [-0.1, -0.05) is 18.2 Å². The van der Waals surface area contributed by atoms with Gasteiger partial charge in [-0.25, -0.2) is 18.1 Å². The molecule has 3 aromatic rings. The fraction of sp³-hybridized carbons (Fsp3) is 0.440. The Bertz CT molecular complexity index is 1400. The van der Waals surface area contributed by atoms with E-state index in [4.69, 9.17) is 9.47 Å². The molecular formula is C25H30N6O5S. The maximum atomic E-state index is 13.0. The molecule has 2 aliphatic rings. The number of carbonyl (C=O) groups excluding carboxylic acids is 1. The highest BCUT2D eigenvalue weighted by Crippen LogP contribution is 2.30. The molecule has 5 rings (SSSR count). The molecule has 2 aromatic heterocycles. The van der Waals surface area contributed by atoms with Gasteiger partial charge in [0.25, 0.3) is 15.9 Å². The van der Waals surface area contributed by atoms with Crippen molar-refractivity contribution in [3.63, 3.8) is 0 Å². The van der Waals surface area contributed by atoms with Crippen LogP contribution in [-0.4, -0.2) is 70.9 Å². The lowest BCUT2D eigenvalue weighted by molar-refractivity contribution is -0.140. The second-order valence-electron chi connectivity index (χ2n) is 9.45. The highest BCUT2D eigenvalue weighted by Gasteiger charge is 2.34. The van der Waals surface area contributed by atoms with Crippen molar-refractivity contribution in [1.29, 1.82) is 0 Å². The number of hydrogen-bond acceptors (Lipinski definition) is 8. The van der Waals surface area contributed by atoms with Gasteiger partial charge in [0, 0.05) is 44.4 Å². The van der Waals surface area contributed by atoms with E-state index < -0.39 is 10.0 Å². The van der Waals surface area contributed by atoms with Crippen LogP contribution in [0.25, 0.3) is 11.3 Å². The van der Waals surface area contributed by atoms with Crippen molar-refractivity contribution in [2.24, 2.45) is 7.05 Å². The van der Waals surface area contributed by atoms with Crippen molar-refractivity contribution in [2.75, 3.05) is 24.4 Å². The van der Waals surface area contributed by atoms with Gasteiger partial charge >= 0.3 is 0 Å². The first kappa shape index (κ1) is 25.2. The monoisotopic (exact) mass is 526 g/mol. The standard InChI is InChI=1S/C25H30N6O5S/c1-16-6-4-7-17(2)23(16)20-12-22(28-25(27-20)29-37(33,34)19-13-26-30(3)15-19)36-18-9-10-31(14-18)24(32)21-8-5-11-35-21/h4,6-7,12-13,15,18,21H,5,8-11,14H2,1-3H3,(H,27,28,29). The van der Waals surface area contributed by atoms with E-state index in [1.165, 1.54) is 17.1 Å². The minimum atomic E-state index is -3.97. The molecule has 2 unspecified atom stereocenters. The number of rotatable bonds is 7. The molecule has 1 aromatic carbocycles. The fourth-order valence-electron chi connectivity index (χ4n) is 4.77. The van der Waals surface area contributed by atoms with Crippen LogP contribution in [-0.2, 0) is 26.6 Å². The smallest absolute Gasteiger partial charge is 0.267 e. The van der Waals surface area contributed by atoms with Gasteiger partial charge in [0.15, 0.2) is 0 Å². The first-order valence-corrected chi connectivity index (χ1v) is 13.7. The van der Waals surface area contributed by atoms with E-state index in [0.717, 1.165) is 29.5 Å². The zero-order valence-electron chi connectivity index (χ0n) is 21.0. The number of carbonyl (C=O) groups is 1. The normalized spacial score (nSPS) is 19.8. The van der Waals surface area contributed by atoms with Gasteiger partial charge in [-0.15, -0.1) is 0 Å². The minimum absolute atomic E-state index is 0.00220. The molecule has 1 N–H and O–H groups in total. The molecule has 0 bridgehead atoms. The molecule has 11 nitrogen and oxygen atoms in total. The molecular weight excluding hydrogens is 496 g/mol. The molecule has 0 saturated carbocycles. The third-order valence-corrected chi connectivity index (χ3v) is 7.89. The van der Waals surface area contributed by atoms with E-state index in [0.29, 0.717) is 31.8 Å². The zero-order valence-corrected chi connectivity index (χ0v) is 21.9. The molecule has 4 heterocycles. The molecule has 196 valence electrons. The number of ether oxygens (including phenoxy) is 2. The third-order valence-electron chi connectivity index (χ3n) is 6.61. The number of aryl methyl sites for hydroxylation is 3. The van der Waals surface area contributed by atoms with Crippen molar-refractivity contribution < 1.29 is 22.7 Å². The Hall–Kier alpha value is -3.51. The molecule has 0 radical (unpaired) electrons. The summed E-state index contributed by atoms with van der Waals surface area (Å²) in [7, 11) is -2.33. The van der Waals surface area contributed by atoms with Gasteiger partial charge in [0.05, 0.1) is 18.4 Å². The average molecular weight is 527 g/mol. The van der Waals surface area contributed by atoms with Gasteiger partial charge < -0.3 is 14.4 Å². The first-order valence-electron chi connectivity index (χ1n) is 12.2. The van der Waals surface area contributed by atoms with Crippen LogP contribution in [0, 0.1) is 13.8 Å². The number of aromatic nitrogens is 4. The van der Waals surface area contributed by atoms with Gasteiger partial charge in [-0.3, -0.25) is 9.48 Å². The Morgan fingerprint density at radius 2 is 1.97 bits per heavy atom. The van der Waals surface area contributed by atoms with Gasteiger partial charge in [0.1, 0.15) is 17.1 Å². The van der Waals surface area contributed by atoms with E-state index in [1.807, 2.05) is 32.0 Å².